The highest BCUT2D eigenvalue weighted by atomic mass is 35.7. The van der Waals surface area contributed by atoms with E-state index in [0.717, 1.165) is 4.88 Å². The summed E-state index contributed by atoms with van der Waals surface area (Å²) in [6.45, 7) is 6.26. The number of rotatable bonds is 2. The Morgan fingerprint density at radius 3 is 2.53 bits per heavy atom. The first-order chi connectivity index (χ1) is 8.59. The van der Waals surface area contributed by atoms with E-state index in [9.17, 15) is 13.2 Å². The molecule has 1 fully saturated rings. The van der Waals surface area contributed by atoms with E-state index < -0.39 is 14.3 Å². The molecule has 0 bridgehead atoms. The molecule has 2 heterocycles. The first kappa shape index (κ1) is 14.7. The molecule has 19 heavy (non-hydrogen) atoms. The van der Waals surface area contributed by atoms with E-state index in [1.807, 2.05) is 0 Å². The molecule has 0 radical (unpaired) electrons. The Balaban J connectivity index is 2.24. The van der Waals surface area contributed by atoms with E-state index >= 15 is 0 Å². The van der Waals surface area contributed by atoms with Crippen LogP contribution in [0.15, 0.2) is 6.20 Å². The lowest BCUT2D eigenvalue weighted by atomic mass is 9.96. The fourth-order valence-electron chi connectivity index (χ4n) is 1.78. The molecule has 1 amide bonds. The largest absolute Gasteiger partial charge is 0.287 e. The van der Waals surface area contributed by atoms with E-state index in [1.165, 1.54) is 16.2 Å². The molecule has 2 rings (SSSR count). The number of aromatic nitrogens is 1. The van der Waals surface area contributed by atoms with Crippen molar-refractivity contribution in [3.63, 3.8) is 0 Å². The average Bonchev–Trinajstić information content (AvgIpc) is 2.80. The lowest BCUT2D eigenvalue weighted by Crippen LogP contribution is -2.26. The van der Waals surface area contributed by atoms with Crippen LogP contribution in [0.5, 0.6) is 0 Å². The van der Waals surface area contributed by atoms with Gasteiger partial charge in [0.2, 0.25) is 15.0 Å². The molecule has 1 atom stereocenters. The highest BCUT2D eigenvalue weighted by Gasteiger charge is 2.39. The molecule has 1 aliphatic heterocycles. The van der Waals surface area contributed by atoms with E-state index in [4.69, 9.17) is 10.7 Å². The van der Waals surface area contributed by atoms with Gasteiger partial charge in [-0.25, -0.2) is 13.4 Å². The van der Waals surface area contributed by atoms with E-state index in [-0.39, 0.29) is 24.3 Å². The van der Waals surface area contributed by atoms with Gasteiger partial charge in [0.25, 0.3) is 0 Å². The Kier molecular flexibility index (Phi) is 3.66. The van der Waals surface area contributed by atoms with Crippen LogP contribution in [0.3, 0.4) is 0 Å². The smallest absolute Gasteiger partial charge is 0.237 e. The molecule has 1 aromatic rings. The van der Waals surface area contributed by atoms with Gasteiger partial charge in [-0.2, -0.15) is 0 Å². The Morgan fingerprint density at radius 1 is 1.47 bits per heavy atom. The molecule has 0 aromatic carbocycles. The van der Waals surface area contributed by atoms with Crippen LogP contribution in [0.2, 0.25) is 0 Å². The fraction of sp³-hybridized carbons (Fsp3) is 0.636. The SMILES string of the molecule is CC(C)(C)c1cnc(N2CC(S(=O)(=O)Cl)CC2=O)s1. The van der Waals surface area contributed by atoms with Crippen LogP contribution in [0.25, 0.3) is 0 Å². The number of halogens is 1. The average molecular weight is 323 g/mol. The number of nitrogens with zero attached hydrogens (tertiary/aromatic N) is 2. The third-order valence-corrected chi connectivity index (χ3v) is 6.27. The summed E-state index contributed by atoms with van der Waals surface area (Å²) < 4.78 is 22.6. The van der Waals surface area contributed by atoms with Gasteiger partial charge in [0, 0.05) is 34.7 Å². The van der Waals surface area contributed by atoms with Gasteiger partial charge in [-0.15, -0.1) is 11.3 Å². The molecule has 106 valence electrons. The molecule has 0 saturated carbocycles. The number of thiazole rings is 1. The van der Waals surface area contributed by atoms with Crippen LogP contribution >= 0.6 is 22.0 Å². The zero-order chi connectivity index (χ0) is 14.4. The van der Waals surface area contributed by atoms with Crippen molar-refractivity contribution in [2.45, 2.75) is 37.9 Å². The van der Waals surface area contributed by atoms with Gasteiger partial charge in [0.1, 0.15) is 5.25 Å². The van der Waals surface area contributed by atoms with Crippen LogP contribution < -0.4 is 4.90 Å². The molecule has 0 aliphatic carbocycles. The first-order valence-electron chi connectivity index (χ1n) is 5.79. The summed E-state index contributed by atoms with van der Waals surface area (Å²) in [5.74, 6) is -0.246. The molecule has 8 heteroatoms. The van der Waals surface area contributed by atoms with Crippen molar-refractivity contribution >= 4 is 42.1 Å². The highest BCUT2D eigenvalue weighted by Crippen LogP contribution is 2.34. The lowest BCUT2D eigenvalue weighted by molar-refractivity contribution is -0.117. The first-order valence-corrected chi connectivity index (χ1v) is 8.98. The van der Waals surface area contributed by atoms with Crippen LogP contribution in [0, 0.1) is 0 Å². The minimum absolute atomic E-state index is 0.0450. The Morgan fingerprint density at radius 2 is 2.11 bits per heavy atom. The Bertz CT molecular complexity index is 604. The summed E-state index contributed by atoms with van der Waals surface area (Å²) >= 11 is 1.41. The van der Waals surface area contributed by atoms with Crippen LogP contribution in [0.1, 0.15) is 32.1 Å². The van der Waals surface area contributed by atoms with Crippen molar-refractivity contribution in [3.05, 3.63) is 11.1 Å². The van der Waals surface area contributed by atoms with Crippen LogP contribution in [-0.2, 0) is 19.3 Å². The Hall–Kier alpha value is -0.660. The molecule has 0 spiro atoms. The molecule has 1 aromatic heterocycles. The third kappa shape index (κ3) is 3.09. The minimum Gasteiger partial charge on any atom is -0.287 e. The second-order valence-electron chi connectivity index (χ2n) is 5.56. The topological polar surface area (TPSA) is 67.3 Å². The van der Waals surface area contributed by atoms with Crippen molar-refractivity contribution in [3.8, 4) is 0 Å². The molecular formula is C11H15ClN2O3S2. The number of hydrogen-bond donors (Lipinski definition) is 0. The van der Waals surface area contributed by atoms with E-state index in [1.54, 1.807) is 6.20 Å². The summed E-state index contributed by atoms with van der Waals surface area (Å²) in [4.78, 5) is 18.5. The zero-order valence-electron chi connectivity index (χ0n) is 10.9. The van der Waals surface area contributed by atoms with Gasteiger partial charge < -0.3 is 0 Å². The molecule has 0 N–H and O–H groups in total. The van der Waals surface area contributed by atoms with Crippen LogP contribution in [-0.4, -0.2) is 31.1 Å². The number of amides is 1. The van der Waals surface area contributed by atoms with Crippen molar-refractivity contribution < 1.29 is 13.2 Å². The standard InChI is InChI=1S/C11H15ClN2O3S2/c1-11(2,3)8-5-13-10(18-8)14-6-7(4-9(14)15)19(12,16)17/h5,7H,4,6H2,1-3H3. The summed E-state index contributed by atoms with van der Waals surface area (Å²) in [6, 6.07) is 0. The van der Waals surface area contributed by atoms with Crippen molar-refractivity contribution in [2.24, 2.45) is 0 Å². The number of carbonyl (C=O) groups is 1. The monoisotopic (exact) mass is 322 g/mol. The summed E-state index contributed by atoms with van der Waals surface area (Å²) in [7, 11) is 1.60. The third-order valence-electron chi connectivity index (χ3n) is 2.95. The highest BCUT2D eigenvalue weighted by molar-refractivity contribution is 8.14. The quantitative estimate of drug-likeness (QED) is 0.782. The summed E-state index contributed by atoms with van der Waals surface area (Å²) in [5, 5.41) is -0.304. The molecule has 5 nitrogen and oxygen atoms in total. The van der Waals surface area contributed by atoms with Crippen molar-refractivity contribution in [1.29, 1.82) is 0 Å². The molecule has 1 unspecified atom stereocenters. The van der Waals surface area contributed by atoms with Gasteiger partial charge >= 0.3 is 0 Å². The van der Waals surface area contributed by atoms with Crippen molar-refractivity contribution in [1.82, 2.24) is 4.98 Å². The van der Waals surface area contributed by atoms with E-state index in [0.29, 0.717) is 5.13 Å². The van der Waals surface area contributed by atoms with Crippen molar-refractivity contribution in [2.75, 3.05) is 11.4 Å². The molecule has 1 saturated heterocycles. The zero-order valence-corrected chi connectivity index (χ0v) is 13.3. The minimum atomic E-state index is -3.71. The molecular weight excluding hydrogens is 308 g/mol. The predicted molar refractivity (Wildman–Crippen MR) is 76.3 cm³/mol. The lowest BCUT2D eigenvalue weighted by Gasteiger charge is -2.15. The summed E-state index contributed by atoms with van der Waals surface area (Å²) in [6.07, 6.45) is 1.66. The number of carbonyl (C=O) groups excluding carboxylic acids is 1. The maximum atomic E-state index is 11.9. The van der Waals surface area contributed by atoms with E-state index in [2.05, 4.69) is 25.8 Å². The van der Waals surface area contributed by atoms with Gasteiger partial charge in [-0.3, -0.25) is 9.69 Å². The van der Waals surface area contributed by atoms with Gasteiger partial charge in [0.15, 0.2) is 5.13 Å². The van der Waals surface area contributed by atoms with Crippen LogP contribution in [0.4, 0.5) is 5.13 Å². The molecule has 1 aliphatic rings. The van der Waals surface area contributed by atoms with Gasteiger partial charge in [-0.1, -0.05) is 20.8 Å². The normalized spacial score (nSPS) is 21.2. The maximum Gasteiger partial charge on any atom is 0.237 e. The fourth-order valence-corrected chi connectivity index (χ4v) is 3.81. The van der Waals surface area contributed by atoms with Gasteiger partial charge in [-0.05, 0) is 5.41 Å². The summed E-state index contributed by atoms with van der Waals surface area (Å²) in [5.41, 5.74) is -0.0450. The second kappa shape index (κ2) is 4.71. The number of hydrogen-bond acceptors (Lipinski definition) is 5. The van der Waals surface area contributed by atoms with Gasteiger partial charge in [0.05, 0.1) is 0 Å². The predicted octanol–water partition coefficient (Wildman–Crippen LogP) is 2.11. The second-order valence-corrected chi connectivity index (χ2v) is 9.48. The number of anilines is 1. The maximum absolute atomic E-state index is 11.9. The Labute approximate surface area is 121 Å².